The summed E-state index contributed by atoms with van der Waals surface area (Å²) in [6.45, 7) is 1.91. The third-order valence-electron chi connectivity index (χ3n) is 2.11. The Morgan fingerprint density at radius 2 is 2.25 bits per heavy atom. The van der Waals surface area contributed by atoms with E-state index >= 15 is 0 Å². The molecule has 0 amide bonds. The second kappa shape index (κ2) is 3.07. The fraction of sp³-hybridized carbons (Fsp3) is 0.333. The summed E-state index contributed by atoms with van der Waals surface area (Å²) in [6, 6.07) is 4.09. The highest BCUT2D eigenvalue weighted by Gasteiger charge is 2.14. The van der Waals surface area contributed by atoms with E-state index in [0.29, 0.717) is 0 Å². The Balaban J connectivity index is 2.51. The van der Waals surface area contributed by atoms with Crippen LogP contribution in [-0.2, 0) is 13.1 Å². The fourth-order valence-corrected chi connectivity index (χ4v) is 2.08. The van der Waals surface area contributed by atoms with E-state index in [9.17, 15) is 0 Å². The van der Waals surface area contributed by atoms with E-state index in [0.717, 1.165) is 23.3 Å². The van der Waals surface area contributed by atoms with Crippen LogP contribution >= 0.6 is 15.9 Å². The summed E-state index contributed by atoms with van der Waals surface area (Å²) in [7, 11) is 1.69. The van der Waals surface area contributed by atoms with Crippen molar-refractivity contribution in [3.05, 3.63) is 27.7 Å². The normalized spacial score (nSPS) is 14.5. The first-order valence-electron chi connectivity index (χ1n) is 3.87. The first-order chi connectivity index (χ1) is 5.81. The maximum absolute atomic E-state index is 5.16. The lowest BCUT2D eigenvalue weighted by atomic mass is 10.1. The second-order valence-electron chi connectivity index (χ2n) is 2.85. The maximum Gasteiger partial charge on any atom is 0.120 e. The number of ether oxygens (including phenoxy) is 1. The number of hydrogen-bond donors (Lipinski definition) is 1. The minimum atomic E-state index is 0.921. The summed E-state index contributed by atoms with van der Waals surface area (Å²) in [6.07, 6.45) is 0. The molecule has 0 unspecified atom stereocenters. The lowest BCUT2D eigenvalue weighted by molar-refractivity contribution is 0.414. The van der Waals surface area contributed by atoms with Crippen LogP contribution in [0.5, 0.6) is 5.75 Å². The van der Waals surface area contributed by atoms with Crippen molar-refractivity contribution in [2.45, 2.75) is 13.1 Å². The van der Waals surface area contributed by atoms with Crippen molar-refractivity contribution < 1.29 is 4.74 Å². The van der Waals surface area contributed by atoms with Crippen molar-refractivity contribution in [2.75, 3.05) is 7.11 Å². The minimum Gasteiger partial charge on any atom is -0.497 e. The number of rotatable bonds is 1. The molecule has 0 atom stereocenters. The average molecular weight is 228 g/mol. The summed E-state index contributed by atoms with van der Waals surface area (Å²) in [4.78, 5) is 0. The van der Waals surface area contributed by atoms with Crippen molar-refractivity contribution in [2.24, 2.45) is 0 Å². The molecule has 12 heavy (non-hydrogen) atoms. The Hall–Kier alpha value is -0.540. The fourth-order valence-electron chi connectivity index (χ4n) is 1.46. The first-order valence-corrected chi connectivity index (χ1v) is 4.66. The molecule has 1 aliphatic heterocycles. The predicted molar refractivity (Wildman–Crippen MR) is 51.2 cm³/mol. The first kappa shape index (κ1) is 8.08. The zero-order chi connectivity index (χ0) is 8.55. The van der Waals surface area contributed by atoms with Crippen LogP contribution < -0.4 is 10.1 Å². The van der Waals surface area contributed by atoms with E-state index in [-0.39, 0.29) is 0 Å². The largest absolute Gasteiger partial charge is 0.497 e. The molecule has 0 bridgehead atoms. The van der Waals surface area contributed by atoms with E-state index in [1.807, 2.05) is 6.07 Å². The maximum atomic E-state index is 5.16. The van der Waals surface area contributed by atoms with Crippen molar-refractivity contribution >= 4 is 15.9 Å². The van der Waals surface area contributed by atoms with E-state index in [1.54, 1.807) is 7.11 Å². The van der Waals surface area contributed by atoms with Crippen LogP contribution in [0.3, 0.4) is 0 Å². The highest BCUT2D eigenvalue weighted by molar-refractivity contribution is 9.10. The Kier molecular flexibility index (Phi) is 2.07. The predicted octanol–water partition coefficient (Wildman–Crippen LogP) is 2.06. The molecule has 1 aromatic rings. The van der Waals surface area contributed by atoms with Crippen LogP contribution in [0.2, 0.25) is 0 Å². The Morgan fingerprint density at radius 3 is 3.00 bits per heavy atom. The standard InChI is InChI=1S/C9H10BrNO/c1-12-7-2-6-4-11-5-8(6)9(10)3-7/h2-3,11H,4-5H2,1H3. The molecule has 2 nitrogen and oxygen atoms in total. The average Bonchev–Trinajstić information content (AvgIpc) is 2.52. The summed E-state index contributed by atoms with van der Waals surface area (Å²) in [5.41, 5.74) is 2.69. The van der Waals surface area contributed by atoms with Gasteiger partial charge in [0, 0.05) is 17.6 Å². The van der Waals surface area contributed by atoms with Crippen molar-refractivity contribution in [1.82, 2.24) is 5.32 Å². The quantitative estimate of drug-likeness (QED) is 0.794. The number of benzene rings is 1. The smallest absolute Gasteiger partial charge is 0.120 e. The van der Waals surface area contributed by atoms with Gasteiger partial charge in [-0.2, -0.15) is 0 Å². The van der Waals surface area contributed by atoms with Gasteiger partial charge in [0.05, 0.1) is 7.11 Å². The van der Waals surface area contributed by atoms with Crippen molar-refractivity contribution in [1.29, 1.82) is 0 Å². The summed E-state index contributed by atoms with van der Waals surface area (Å²) >= 11 is 3.52. The van der Waals surface area contributed by atoms with Crippen LogP contribution in [0.25, 0.3) is 0 Å². The van der Waals surface area contributed by atoms with Gasteiger partial charge in [-0.3, -0.25) is 0 Å². The number of fused-ring (bicyclic) bond motifs is 1. The summed E-state index contributed by atoms with van der Waals surface area (Å²) in [5, 5.41) is 3.29. The SMILES string of the molecule is COc1cc(Br)c2c(c1)CNC2. The molecule has 0 aromatic heterocycles. The zero-order valence-corrected chi connectivity index (χ0v) is 8.44. The molecular weight excluding hydrogens is 218 g/mol. The van der Waals surface area contributed by atoms with E-state index in [2.05, 4.69) is 27.3 Å². The van der Waals surface area contributed by atoms with Gasteiger partial charge in [0.2, 0.25) is 0 Å². The van der Waals surface area contributed by atoms with E-state index in [4.69, 9.17) is 4.74 Å². The third-order valence-corrected chi connectivity index (χ3v) is 2.82. The van der Waals surface area contributed by atoms with Gasteiger partial charge in [-0.1, -0.05) is 15.9 Å². The third kappa shape index (κ3) is 1.23. The molecule has 3 heteroatoms. The molecule has 1 aromatic carbocycles. The molecule has 0 radical (unpaired) electrons. The van der Waals surface area contributed by atoms with Gasteiger partial charge in [-0.25, -0.2) is 0 Å². The molecule has 0 saturated carbocycles. The van der Waals surface area contributed by atoms with Crippen molar-refractivity contribution in [3.8, 4) is 5.75 Å². The minimum absolute atomic E-state index is 0.921. The summed E-state index contributed by atoms with van der Waals surface area (Å²) < 4.78 is 6.30. The van der Waals surface area contributed by atoms with Gasteiger partial charge in [0.15, 0.2) is 0 Å². The van der Waals surface area contributed by atoms with Crippen LogP contribution in [0.15, 0.2) is 16.6 Å². The Labute approximate surface area is 80.1 Å². The van der Waals surface area contributed by atoms with Gasteiger partial charge >= 0.3 is 0 Å². The van der Waals surface area contributed by atoms with Crippen molar-refractivity contribution in [3.63, 3.8) is 0 Å². The zero-order valence-electron chi connectivity index (χ0n) is 6.86. The highest BCUT2D eigenvalue weighted by atomic mass is 79.9. The van der Waals surface area contributed by atoms with E-state index < -0.39 is 0 Å². The molecule has 0 saturated heterocycles. The molecule has 0 aliphatic carbocycles. The molecule has 1 aliphatic rings. The van der Waals surface area contributed by atoms with E-state index in [1.165, 1.54) is 11.1 Å². The highest BCUT2D eigenvalue weighted by Crippen LogP contribution is 2.29. The molecule has 1 N–H and O–H groups in total. The van der Waals surface area contributed by atoms with Crippen LogP contribution in [-0.4, -0.2) is 7.11 Å². The van der Waals surface area contributed by atoms with Gasteiger partial charge in [-0.15, -0.1) is 0 Å². The molecular formula is C9H10BrNO. The molecule has 1 heterocycles. The number of methoxy groups -OCH3 is 1. The van der Waals surface area contributed by atoms with Gasteiger partial charge in [-0.05, 0) is 23.3 Å². The Bertz CT molecular complexity index is 312. The van der Waals surface area contributed by atoms with Gasteiger partial charge in [0.25, 0.3) is 0 Å². The van der Waals surface area contributed by atoms with Gasteiger partial charge < -0.3 is 10.1 Å². The lowest BCUT2D eigenvalue weighted by Gasteiger charge is -2.05. The molecule has 64 valence electrons. The molecule has 0 fully saturated rings. The van der Waals surface area contributed by atoms with Crippen LogP contribution in [0.1, 0.15) is 11.1 Å². The number of halogens is 1. The number of hydrogen-bond acceptors (Lipinski definition) is 2. The summed E-state index contributed by atoms with van der Waals surface area (Å²) in [5.74, 6) is 0.921. The Morgan fingerprint density at radius 1 is 1.42 bits per heavy atom. The second-order valence-corrected chi connectivity index (χ2v) is 3.70. The number of nitrogens with one attached hydrogen (secondary N) is 1. The van der Waals surface area contributed by atoms with Crippen LogP contribution in [0, 0.1) is 0 Å². The monoisotopic (exact) mass is 227 g/mol. The van der Waals surface area contributed by atoms with Crippen LogP contribution in [0.4, 0.5) is 0 Å². The van der Waals surface area contributed by atoms with Gasteiger partial charge in [0.1, 0.15) is 5.75 Å². The molecule has 2 rings (SSSR count). The topological polar surface area (TPSA) is 21.3 Å². The molecule has 0 spiro atoms. The lowest BCUT2D eigenvalue weighted by Crippen LogP contribution is -2.00.